The molecule has 0 heterocycles. The second-order valence-electron chi connectivity index (χ2n) is 4.96. The molecule has 0 saturated heterocycles. The van der Waals surface area contributed by atoms with Gasteiger partial charge >= 0.3 is 51.4 Å². The van der Waals surface area contributed by atoms with E-state index in [9.17, 15) is 18.1 Å². The summed E-state index contributed by atoms with van der Waals surface area (Å²) >= 11 is 0. The van der Waals surface area contributed by atoms with Crippen LogP contribution in [0.4, 0.5) is 0 Å². The largest absolute Gasteiger partial charge is 1.00 e. The summed E-state index contributed by atoms with van der Waals surface area (Å²) in [6.45, 7) is 3.79. The fraction of sp³-hybridized carbons (Fsp3) is 1.00. The first-order valence-electron chi connectivity index (χ1n) is 7.04. The van der Waals surface area contributed by atoms with E-state index in [-0.39, 0.29) is 57.5 Å². The van der Waals surface area contributed by atoms with Crippen LogP contribution in [0.1, 0.15) is 71.6 Å². The van der Waals surface area contributed by atoms with E-state index in [1.54, 1.807) is 6.92 Å². The van der Waals surface area contributed by atoms with Crippen LogP contribution in [-0.4, -0.2) is 29.4 Å². The van der Waals surface area contributed by atoms with Gasteiger partial charge in [0.05, 0.1) is 16.2 Å². The van der Waals surface area contributed by atoms with Crippen molar-refractivity contribution in [1.82, 2.24) is 0 Å². The average Bonchev–Trinajstić information content (AvgIpc) is 2.26. The smallest absolute Gasteiger partial charge is 0.748 e. The molecule has 0 spiro atoms. The summed E-state index contributed by atoms with van der Waals surface area (Å²) in [5.74, 6) is 0. The van der Waals surface area contributed by atoms with Crippen molar-refractivity contribution in [3.8, 4) is 0 Å². The van der Waals surface area contributed by atoms with E-state index in [4.69, 9.17) is 0 Å². The van der Waals surface area contributed by atoms with E-state index in [1.807, 2.05) is 0 Å². The van der Waals surface area contributed by atoms with E-state index < -0.39 is 15.4 Å². The summed E-state index contributed by atoms with van der Waals surface area (Å²) in [6, 6.07) is 0. The molecule has 0 amide bonds. The predicted molar refractivity (Wildman–Crippen MR) is 72.4 cm³/mol. The summed E-state index contributed by atoms with van der Waals surface area (Å²) in [5, 5.41) is 8.80. The van der Waals surface area contributed by atoms with E-state index in [2.05, 4.69) is 6.92 Å². The SMILES string of the molecule is CCCC(O)CCCCCCC(CC)S(=O)(=O)[O-].[K+]. The molecule has 0 aromatic rings. The number of aliphatic hydroxyl groups is 1. The van der Waals surface area contributed by atoms with Crippen LogP contribution in [-0.2, 0) is 10.1 Å². The normalized spacial score (nSPS) is 14.7. The summed E-state index contributed by atoms with van der Waals surface area (Å²) in [6.07, 6.45) is 7.05. The van der Waals surface area contributed by atoms with Gasteiger partial charge in [0.25, 0.3) is 0 Å². The van der Waals surface area contributed by atoms with Gasteiger partial charge in [0.1, 0.15) is 0 Å². The zero-order valence-electron chi connectivity index (χ0n) is 12.6. The maximum Gasteiger partial charge on any atom is 1.00 e. The standard InChI is InChI=1S/C13H28O4S.K/c1-3-9-12(14)10-7-5-6-8-11-13(4-2)18(15,16)17;/h12-14H,3-11H2,1-2H3,(H,15,16,17);/q;+1/p-1. The van der Waals surface area contributed by atoms with Crippen LogP contribution in [0.15, 0.2) is 0 Å². The van der Waals surface area contributed by atoms with Gasteiger partial charge in [-0.05, 0) is 25.7 Å². The molecule has 6 heteroatoms. The molecule has 0 aliphatic heterocycles. The second kappa shape index (κ2) is 13.2. The Hall–Kier alpha value is 1.51. The van der Waals surface area contributed by atoms with Crippen LogP contribution in [0.5, 0.6) is 0 Å². The maximum absolute atomic E-state index is 10.9. The van der Waals surface area contributed by atoms with E-state index >= 15 is 0 Å². The minimum atomic E-state index is -4.12. The van der Waals surface area contributed by atoms with Crippen molar-refractivity contribution in [2.24, 2.45) is 0 Å². The number of unbranched alkanes of at least 4 members (excludes halogenated alkanes) is 3. The molecular formula is C13H27KO4S. The van der Waals surface area contributed by atoms with Gasteiger partial charge in [-0.25, -0.2) is 8.42 Å². The molecule has 0 saturated carbocycles. The molecule has 0 aromatic carbocycles. The quantitative estimate of drug-likeness (QED) is 0.326. The fourth-order valence-corrected chi connectivity index (χ4v) is 3.00. The van der Waals surface area contributed by atoms with Crippen molar-refractivity contribution in [2.75, 3.05) is 0 Å². The minimum absolute atomic E-state index is 0. The number of rotatable bonds is 11. The summed E-state index contributed by atoms with van der Waals surface area (Å²) in [4.78, 5) is 0. The van der Waals surface area contributed by atoms with Crippen molar-refractivity contribution in [3.63, 3.8) is 0 Å². The molecule has 110 valence electrons. The monoisotopic (exact) mass is 318 g/mol. The topological polar surface area (TPSA) is 77.4 Å². The van der Waals surface area contributed by atoms with Gasteiger partial charge in [-0.15, -0.1) is 0 Å². The molecule has 19 heavy (non-hydrogen) atoms. The average molecular weight is 319 g/mol. The van der Waals surface area contributed by atoms with E-state index in [0.29, 0.717) is 12.8 Å². The number of hydrogen-bond acceptors (Lipinski definition) is 4. The molecule has 1 N–H and O–H groups in total. The van der Waals surface area contributed by atoms with Crippen LogP contribution in [0.25, 0.3) is 0 Å². The van der Waals surface area contributed by atoms with Gasteiger partial charge in [0.2, 0.25) is 0 Å². The minimum Gasteiger partial charge on any atom is -0.748 e. The first kappa shape index (κ1) is 22.8. The molecule has 2 unspecified atom stereocenters. The van der Waals surface area contributed by atoms with Gasteiger partial charge in [0, 0.05) is 5.25 Å². The first-order chi connectivity index (χ1) is 8.41. The van der Waals surface area contributed by atoms with Crippen LogP contribution < -0.4 is 51.4 Å². The zero-order chi connectivity index (χ0) is 14.0. The molecule has 0 radical (unpaired) electrons. The Morgan fingerprint density at radius 3 is 1.95 bits per heavy atom. The Morgan fingerprint density at radius 2 is 1.53 bits per heavy atom. The van der Waals surface area contributed by atoms with E-state index in [0.717, 1.165) is 44.9 Å². The molecule has 0 fully saturated rings. The van der Waals surface area contributed by atoms with Crippen LogP contribution in [0, 0.1) is 0 Å². The Morgan fingerprint density at radius 1 is 1.00 bits per heavy atom. The molecular weight excluding hydrogens is 291 g/mol. The summed E-state index contributed by atoms with van der Waals surface area (Å²) in [5.41, 5.74) is 0. The Balaban J connectivity index is 0. The third-order valence-electron chi connectivity index (χ3n) is 3.30. The van der Waals surface area contributed by atoms with Gasteiger partial charge in [-0.1, -0.05) is 46.0 Å². The zero-order valence-corrected chi connectivity index (χ0v) is 16.5. The molecule has 0 aliphatic rings. The van der Waals surface area contributed by atoms with Gasteiger partial charge in [0.15, 0.2) is 0 Å². The molecule has 0 bridgehead atoms. The second-order valence-corrected chi connectivity index (χ2v) is 6.61. The van der Waals surface area contributed by atoms with Gasteiger partial charge in [-0.2, -0.15) is 0 Å². The fourth-order valence-electron chi connectivity index (χ4n) is 2.14. The van der Waals surface area contributed by atoms with Crippen molar-refractivity contribution >= 4 is 10.1 Å². The predicted octanol–water partition coefficient (Wildman–Crippen LogP) is -0.184. The first-order valence-corrected chi connectivity index (χ1v) is 8.51. The third-order valence-corrected chi connectivity index (χ3v) is 4.68. The van der Waals surface area contributed by atoms with Crippen LogP contribution in [0.2, 0.25) is 0 Å². The molecule has 2 atom stereocenters. The molecule has 0 rings (SSSR count). The maximum atomic E-state index is 10.9. The summed E-state index contributed by atoms with van der Waals surface area (Å²) < 4.78 is 32.6. The Kier molecular flexibility index (Phi) is 15.8. The van der Waals surface area contributed by atoms with Crippen LogP contribution in [0.3, 0.4) is 0 Å². The molecule has 0 aliphatic carbocycles. The summed E-state index contributed by atoms with van der Waals surface area (Å²) in [7, 11) is -4.12. The van der Waals surface area contributed by atoms with Crippen molar-refractivity contribution < 1.29 is 69.5 Å². The van der Waals surface area contributed by atoms with E-state index in [1.165, 1.54) is 0 Å². The Labute approximate surface area is 160 Å². The molecule has 0 aromatic heterocycles. The molecule has 4 nitrogen and oxygen atoms in total. The van der Waals surface area contributed by atoms with Gasteiger partial charge < -0.3 is 9.66 Å². The number of aliphatic hydroxyl groups excluding tert-OH is 1. The van der Waals surface area contributed by atoms with Gasteiger partial charge in [-0.3, -0.25) is 0 Å². The van der Waals surface area contributed by atoms with Crippen molar-refractivity contribution in [3.05, 3.63) is 0 Å². The number of hydrogen-bond donors (Lipinski definition) is 1. The van der Waals surface area contributed by atoms with Crippen LogP contribution >= 0.6 is 0 Å². The third kappa shape index (κ3) is 12.9. The Bertz CT molecular complexity index is 293. The van der Waals surface area contributed by atoms with Crippen molar-refractivity contribution in [2.45, 2.75) is 83.0 Å². The van der Waals surface area contributed by atoms with Crippen molar-refractivity contribution in [1.29, 1.82) is 0 Å².